The van der Waals surface area contributed by atoms with Crippen LogP contribution in [0.4, 0.5) is 4.39 Å². The molecule has 3 aromatic rings. The molecule has 0 spiro atoms. The van der Waals surface area contributed by atoms with Crippen molar-refractivity contribution in [1.82, 2.24) is 14.7 Å². The van der Waals surface area contributed by atoms with Crippen LogP contribution in [0.1, 0.15) is 11.3 Å². The lowest BCUT2D eigenvalue weighted by atomic mass is 10.2. The molecule has 3 rings (SSSR count). The fourth-order valence-electron chi connectivity index (χ4n) is 2.18. The van der Waals surface area contributed by atoms with E-state index in [1.165, 1.54) is 6.07 Å². The third-order valence-electron chi connectivity index (χ3n) is 3.29. The van der Waals surface area contributed by atoms with Gasteiger partial charge in [-0.2, -0.15) is 4.98 Å². The van der Waals surface area contributed by atoms with Gasteiger partial charge < -0.3 is 10.1 Å². The number of aryl methyl sites for hydroxylation is 1. The van der Waals surface area contributed by atoms with E-state index in [4.69, 9.17) is 4.74 Å². The van der Waals surface area contributed by atoms with Gasteiger partial charge in [-0.15, -0.1) is 0 Å². The average Bonchev–Trinajstić information content (AvgIpc) is 2.81. The maximum Gasteiger partial charge on any atom is 0.242 e. The van der Waals surface area contributed by atoms with Gasteiger partial charge in [-0.1, -0.05) is 12.1 Å². The number of pyridine rings is 1. The maximum absolute atomic E-state index is 13.6. The van der Waals surface area contributed by atoms with Crippen molar-refractivity contribution in [3.05, 3.63) is 59.7 Å². The molecule has 0 bridgehead atoms. The fraction of sp³-hybridized carbons (Fsp3) is 0.188. The number of fused-ring (bicyclic) bond motifs is 1. The van der Waals surface area contributed by atoms with Crippen LogP contribution in [0.3, 0.4) is 0 Å². The number of nitrogens with one attached hydrogen (secondary N) is 1. The van der Waals surface area contributed by atoms with Gasteiger partial charge in [-0.05, 0) is 37.7 Å². The highest BCUT2D eigenvalue weighted by Crippen LogP contribution is 2.27. The zero-order valence-corrected chi connectivity index (χ0v) is 11.9. The molecule has 0 aliphatic carbocycles. The molecule has 21 heavy (non-hydrogen) atoms. The summed E-state index contributed by atoms with van der Waals surface area (Å²) in [6.45, 7) is 2.32. The monoisotopic (exact) mass is 285 g/mol. The van der Waals surface area contributed by atoms with E-state index in [2.05, 4.69) is 10.3 Å². The summed E-state index contributed by atoms with van der Waals surface area (Å²) in [6.07, 6.45) is 1.93. The van der Waals surface area contributed by atoms with Crippen molar-refractivity contribution < 1.29 is 9.13 Å². The van der Waals surface area contributed by atoms with E-state index in [-0.39, 0.29) is 5.82 Å². The molecule has 0 aliphatic heterocycles. The molecule has 0 radical (unpaired) electrons. The highest BCUT2D eigenvalue weighted by atomic mass is 19.1. The standard InChI is InChI=1S/C16H16FN3O/c1-11-6-7-12(9-13(11)17)21-16-14(10-18-2)20-8-4-3-5-15(20)19-16/h3-9,18H,10H2,1-2H3. The molecule has 2 heterocycles. The Labute approximate surface area is 122 Å². The van der Waals surface area contributed by atoms with Gasteiger partial charge in [-0.25, -0.2) is 4.39 Å². The number of hydrogen-bond donors (Lipinski definition) is 1. The van der Waals surface area contributed by atoms with E-state index < -0.39 is 0 Å². The largest absolute Gasteiger partial charge is 0.437 e. The topological polar surface area (TPSA) is 38.6 Å². The molecule has 1 aromatic carbocycles. The van der Waals surface area contributed by atoms with Gasteiger partial charge in [0, 0.05) is 18.8 Å². The van der Waals surface area contributed by atoms with Crippen molar-refractivity contribution in [2.45, 2.75) is 13.5 Å². The summed E-state index contributed by atoms with van der Waals surface area (Å²) in [5, 5.41) is 3.09. The molecule has 1 N–H and O–H groups in total. The number of benzene rings is 1. The molecule has 0 saturated carbocycles. The third kappa shape index (κ3) is 2.60. The Balaban J connectivity index is 2.02. The first kappa shape index (κ1) is 13.6. The maximum atomic E-state index is 13.6. The lowest BCUT2D eigenvalue weighted by molar-refractivity contribution is 0.452. The molecule has 0 saturated heterocycles. The normalized spacial score (nSPS) is 11.0. The van der Waals surface area contributed by atoms with Crippen molar-refractivity contribution in [3.63, 3.8) is 0 Å². The zero-order chi connectivity index (χ0) is 14.8. The van der Waals surface area contributed by atoms with E-state index in [1.54, 1.807) is 19.1 Å². The number of aromatic nitrogens is 2. The second-order valence-electron chi connectivity index (χ2n) is 4.84. The number of hydrogen-bond acceptors (Lipinski definition) is 3. The van der Waals surface area contributed by atoms with Gasteiger partial charge in [0.25, 0.3) is 0 Å². The predicted octanol–water partition coefficient (Wildman–Crippen LogP) is 3.29. The fourth-order valence-corrected chi connectivity index (χ4v) is 2.18. The second-order valence-corrected chi connectivity index (χ2v) is 4.84. The minimum Gasteiger partial charge on any atom is -0.437 e. The van der Waals surface area contributed by atoms with Crippen molar-refractivity contribution in [2.75, 3.05) is 7.05 Å². The van der Waals surface area contributed by atoms with Gasteiger partial charge in [0.15, 0.2) is 0 Å². The van der Waals surface area contributed by atoms with E-state index in [0.29, 0.717) is 23.7 Å². The molecule has 5 heteroatoms. The van der Waals surface area contributed by atoms with Crippen LogP contribution in [-0.4, -0.2) is 16.4 Å². The molecular weight excluding hydrogens is 269 g/mol. The van der Waals surface area contributed by atoms with E-state index in [9.17, 15) is 4.39 Å². The number of nitrogens with zero attached hydrogens (tertiary/aromatic N) is 2. The molecule has 0 aliphatic rings. The van der Waals surface area contributed by atoms with Crippen LogP contribution in [0.25, 0.3) is 5.65 Å². The van der Waals surface area contributed by atoms with Crippen LogP contribution >= 0.6 is 0 Å². The highest BCUT2D eigenvalue weighted by molar-refractivity contribution is 5.47. The van der Waals surface area contributed by atoms with E-state index in [1.807, 2.05) is 35.8 Å². The molecule has 0 atom stereocenters. The first-order valence-corrected chi connectivity index (χ1v) is 6.73. The van der Waals surface area contributed by atoms with Crippen LogP contribution in [0.5, 0.6) is 11.6 Å². The SMILES string of the molecule is CNCc1c(Oc2ccc(C)c(F)c2)nc2ccccn12. The minimum atomic E-state index is -0.286. The lowest BCUT2D eigenvalue weighted by Crippen LogP contribution is -2.08. The molecule has 108 valence electrons. The summed E-state index contributed by atoms with van der Waals surface area (Å²) < 4.78 is 21.3. The molecule has 2 aromatic heterocycles. The average molecular weight is 285 g/mol. The smallest absolute Gasteiger partial charge is 0.242 e. The Morgan fingerprint density at radius 1 is 1.29 bits per heavy atom. The number of ether oxygens (including phenoxy) is 1. The zero-order valence-electron chi connectivity index (χ0n) is 11.9. The van der Waals surface area contributed by atoms with Crippen molar-refractivity contribution in [1.29, 1.82) is 0 Å². The van der Waals surface area contributed by atoms with Gasteiger partial charge in [-0.3, -0.25) is 4.40 Å². The Morgan fingerprint density at radius 3 is 2.90 bits per heavy atom. The molecule has 0 amide bonds. The number of rotatable bonds is 4. The van der Waals surface area contributed by atoms with Crippen LogP contribution in [-0.2, 0) is 6.54 Å². The summed E-state index contributed by atoms with van der Waals surface area (Å²) in [5.41, 5.74) is 2.28. The van der Waals surface area contributed by atoms with Crippen LogP contribution in [0.2, 0.25) is 0 Å². The van der Waals surface area contributed by atoms with Gasteiger partial charge >= 0.3 is 0 Å². The van der Waals surface area contributed by atoms with Gasteiger partial charge in [0.2, 0.25) is 5.88 Å². The van der Waals surface area contributed by atoms with E-state index >= 15 is 0 Å². The highest BCUT2D eigenvalue weighted by Gasteiger charge is 2.13. The quantitative estimate of drug-likeness (QED) is 0.799. The first-order chi connectivity index (χ1) is 10.2. The molecule has 4 nitrogen and oxygen atoms in total. The van der Waals surface area contributed by atoms with Crippen molar-refractivity contribution in [2.24, 2.45) is 0 Å². The van der Waals surface area contributed by atoms with Crippen molar-refractivity contribution in [3.8, 4) is 11.6 Å². The Kier molecular flexibility index (Phi) is 3.58. The van der Waals surface area contributed by atoms with Crippen LogP contribution < -0.4 is 10.1 Å². The summed E-state index contributed by atoms with van der Waals surface area (Å²) in [4.78, 5) is 4.46. The Hall–Kier alpha value is -2.40. The molecule has 0 unspecified atom stereocenters. The van der Waals surface area contributed by atoms with Gasteiger partial charge in [0.1, 0.15) is 22.9 Å². The number of halogens is 1. The minimum absolute atomic E-state index is 0.286. The summed E-state index contributed by atoms with van der Waals surface area (Å²) >= 11 is 0. The summed E-state index contributed by atoms with van der Waals surface area (Å²) in [6, 6.07) is 10.6. The summed E-state index contributed by atoms with van der Waals surface area (Å²) in [5.74, 6) is 0.643. The number of imidazole rings is 1. The van der Waals surface area contributed by atoms with Crippen molar-refractivity contribution >= 4 is 5.65 Å². The Morgan fingerprint density at radius 2 is 2.14 bits per heavy atom. The first-order valence-electron chi connectivity index (χ1n) is 6.73. The summed E-state index contributed by atoms with van der Waals surface area (Å²) in [7, 11) is 1.86. The van der Waals surface area contributed by atoms with E-state index in [0.717, 1.165) is 11.3 Å². The van der Waals surface area contributed by atoms with Crippen LogP contribution in [0.15, 0.2) is 42.6 Å². The molecular formula is C16H16FN3O. The van der Waals surface area contributed by atoms with Crippen LogP contribution in [0, 0.1) is 12.7 Å². The Bertz CT molecular complexity index is 782. The third-order valence-corrected chi connectivity index (χ3v) is 3.29. The predicted molar refractivity (Wildman–Crippen MR) is 79.2 cm³/mol. The molecule has 0 fully saturated rings. The second kappa shape index (κ2) is 5.54. The van der Waals surface area contributed by atoms with Gasteiger partial charge in [0.05, 0.1) is 0 Å². The lowest BCUT2D eigenvalue weighted by Gasteiger charge is -2.07.